The van der Waals surface area contributed by atoms with Gasteiger partial charge in [0.15, 0.2) is 5.78 Å². The number of ether oxygens (including phenoxy) is 1. The lowest BCUT2D eigenvalue weighted by molar-refractivity contribution is -0.235. The standard InChI is InChI=1S/C42H67NO6/c1-25(2)34-28(44)21-42(31(45)24-43(10)23-26-11-12-26)20-19-40(8)27(35(34)42)13-14-30-39(7)17-16-32(49-33(46)22-37(3,4)36(47)48)38(5,6)29(39)15-18-41(30,40)9/h25-27,29-32,45H,11-24H2,1-10H3,(H,47,48)/t27-,29+,30-,31+,32+,39+,40-,41-,42+/m1/s1. The molecular formula is C42H67NO6. The van der Waals surface area contributed by atoms with Gasteiger partial charge in [0.25, 0.3) is 0 Å². The highest BCUT2D eigenvalue weighted by Crippen LogP contribution is 2.77. The van der Waals surface area contributed by atoms with Crippen molar-refractivity contribution in [2.45, 2.75) is 152 Å². The van der Waals surface area contributed by atoms with Crippen LogP contribution in [-0.4, -0.2) is 65.2 Å². The summed E-state index contributed by atoms with van der Waals surface area (Å²) in [4.78, 5) is 41.1. The lowest BCUT2D eigenvalue weighted by atomic mass is 9.33. The van der Waals surface area contributed by atoms with Crippen LogP contribution in [0.15, 0.2) is 11.1 Å². The van der Waals surface area contributed by atoms with Crippen molar-refractivity contribution in [1.29, 1.82) is 0 Å². The van der Waals surface area contributed by atoms with Crippen molar-refractivity contribution in [1.82, 2.24) is 4.90 Å². The van der Waals surface area contributed by atoms with Crippen LogP contribution in [0.4, 0.5) is 0 Å². The number of Topliss-reactive ketones (excluding diaryl/α,β-unsaturated/α-hetero) is 1. The van der Waals surface area contributed by atoms with Gasteiger partial charge >= 0.3 is 11.9 Å². The number of allylic oxidation sites excluding steroid dienone is 1. The Morgan fingerprint density at radius 2 is 1.59 bits per heavy atom. The van der Waals surface area contributed by atoms with E-state index in [0.29, 0.717) is 30.7 Å². The zero-order chi connectivity index (χ0) is 36.1. The normalized spacial score (nSPS) is 40.8. The average Bonchev–Trinajstić information content (AvgIpc) is 3.73. The van der Waals surface area contributed by atoms with E-state index in [9.17, 15) is 24.6 Å². The minimum absolute atomic E-state index is 0.0308. The molecule has 2 N–H and O–H groups in total. The van der Waals surface area contributed by atoms with Crippen LogP contribution in [0, 0.1) is 62.1 Å². The van der Waals surface area contributed by atoms with Crippen molar-refractivity contribution in [3.63, 3.8) is 0 Å². The number of esters is 1. The number of carboxylic acid groups (broad SMARTS) is 1. The average molecular weight is 682 g/mol. The van der Waals surface area contributed by atoms with Gasteiger partial charge in [0.05, 0.1) is 17.9 Å². The molecule has 0 spiro atoms. The molecule has 0 bridgehead atoms. The molecule has 9 atom stereocenters. The Kier molecular flexibility index (Phi) is 9.20. The van der Waals surface area contributed by atoms with Crippen molar-refractivity contribution < 1.29 is 29.3 Å². The first-order valence-electron chi connectivity index (χ1n) is 19.7. The van der Waals surface area contributed by atoms with Crippen molar-refractivity contribution >= 4 is 17.7 Å². The van der Waals surface area contributed by atoms with Crippen molar-refractivity contribution in [3.8, 4) is 0 Å². The fourth-order valence-corrected chi connectivity index (χ4v) is 13.2. The van der Waals surface area contributed by atoms with Gasteiger partial charge in [0, 0.05) is 30.3 Å². The van der Waals surface area contributed by atoms with Crippen molar-refractivity contribution in [2.75, 3.05) is 20.1 Å². The molecule has 7 heteroatoms. The van der Waals surface area contributed by atoms with Crippen LogP contribution >= 0.6 is 0 Å². The van der Waals surface area contributed by atoms with Crippen LogP contribution in [0.25, 0.3) is 0 Å². The topological polar surface area (TPSA) is 104 Å². The highest BCUT2D eigenvalue weighted by molar-refractivity contribution is 6.00. The summed E-state index contributed by atoms with van der Waals surface area (Å²) in [5.41, 5.74) is 0.780. The van der Waals surface area contributed by atoms with Crippen LogP contribution in [-0.2, 0) is 19.1 Å². The molecule has 7 nitrogen and oxygen atoms in total. The third-order valence-corrected chi connectivity index (χ3v) is 16.3. The molecule has 0 aromatic carbocycles. The van der Waals surface area contributed by atoms with Crippen LogP contribution in [0.1, 0.15) is 139 Å². The van der Waals surface area contributed by atoms with E-state index in [-0.39, 0.29) is 45.9 Å². The Labute approximate surface area is 296 Å². The van der Waals surface area contributed by atoms with Gasteiger partial charge in [-0.2, -0.15) is 0 Å². The number of aliphatic carboxylic acids is 1. The lowest BCUT2D eigenvalue weighted by Gasteiger charge is -2.72. The molecule has 0 unspecified atom stereocenters. The maximum Gasteiger partial charge on any atom is 0.309 e. The summed E-state index contributed by atoms with van der Waals surface area (Å²) in [5.74, 6) is 1.02. The highest BCUT2D eigenvalue weighted by atomic mass is 16.5. The molecule has 0 aromatic rings. The van der Waals surface area contributed by atoms with E-state index in [1.807, 2.05) is 0 Å². The molecule has 49 heavy (non-hydrogen) atoms. The van der Waals surface area contributed by atoms with E-state index in [0.717, 1.165) is 69.4 Å². The number of aliphatic hydroxyl groups is 1. The number of carbonyl (C=O) groups excluding carboxylic acids is 2. The van der Waals surface area contributed by atoms with Gasteiger partial charge < -0.3 is 19.8 Å². The molecule has 0 aromatic heterocycles. The minimum Gasteiger partial charge on any atom is -0.481 e. The molecule has 6 aliphatic rings. The number of ketones is 1. The molecule has 5 saturated carbocycles. The number of hydrogen-bond donors (Lipinski definition) is 2. The Morgan fingerprint density at radius 1 is 0.918 bits per heavy atom. The number of hydrogen-bond acceptors (Lipinski definition) is 6. The lowest BCUT2D eigenvalue weighted by Crippen LogP contribution is -2.66. The van der Waals surface area contributed by atoms with Crippen molar-refractivity contribution in [2.24, 2.45) is 62.1 Å². The number of carboxylic acids is 1. The first-order valence-corrected chi connectivity index (χ1v) is 19.7. The van der Waals surface area contributed by atoms with E-state index >= 15 is 0 Å². The summed E-state index contributed by atoms with van der Waals surface area (Å²) in [5, 5.41) is 21.8. The van der Waals surface area contributed by atoms with E-state index in [4.69, 9.17) is 4.74 Å². The van der Waals surface area contributed by atoms with Crippen molar-refractivity contribution in [3.05, 3.63) is 11.1 Å². The third-order valence-electron chi connectivity index (χ3n) is 16.3. The molecule has 6 aliphatic carbocycles. The number of carbonyl (C=O) groups is 3. The summed E-state index contributed by atoms with van der Waals surface area (Å²) in [6, 6.07) is 0. The largest absolute Gasteiger partial charge is 0.481 e. The fraction of sp³-hybridized carbons (Fsp3) is 0.881. The predicted molar refractivity (Wildman–Crippen MR) is 192 cm³/mol. The number of fused-ring (bicyclic) bond motifs is 7. The number of aliphatic hydroxyl groups excluding tert-OH is 1. The molecule has 0 amide bonds. The van der Waals surface area contributed by atoms with E-state index in [1.165, 1.54) is 18.4 Å². The van der Waals surface area contributed by atoms with E-state index in [2.05, 4.69) is 60.4 Å². The quantitative estimate of drug-likeness (QED) is 0.225. The van der Waals surface area contributed by atoms with Gasteiger partial charge in [0.2, 0.25) is 0 Å². The predicted octanol–water partition coefficient (Wildman–Crippen LogP) is 8.08. The van der Waals surface area contributed by atoms with Crippen LogP contribution < -0.4 is 0 Å². The Hall–Kier alpha value is -1.73. The zero-order valence-corrected chi connectivity index (χ0v) is 32.4. The molecule has 276 valence electrons. The second-order valence-electron chi connectivity index (χ2n) is 20.2. The second-order valence-corrected chi connectivity index (χ2v) is 20.2. The Balaban J connectivity index is 1.28. The van der Waals surface area contributed by atoms with Gasteiger partial charge in [-0.15, -0.1) is 0 Å². The molecular weight excluding hydrogens is 614 g/mol. The van der Waals surface area contributed by atoms with Gasteiger partial charge in [-0.3, -0.25) is 14.4 Å². The Morgan fingerprint density at radius 3 is 2.20 bits per heavy atom. The smallest absolute Gasteiger partial charge is 0.309 e. The number of likely N-dealkylation sites (N-methyl/N-ethyl adjacent to an activating group) is 1. The van der Waals surface area contributed by atoms with Crippen LogP contribution in [0.5, 0.6) is 0 Å². The SMILES string of the molecule is CC(C)C1=C2[C@H]3CC[C@@H]4[C@@]5(C)CC[C@H](OC(=O)CC(C)(C)C(=O)O)C(C)(C)[C@@H]5CC[C@@]4(C)[C@]3(C)CC[C@@]2([C@@H](O)CN(C)CC2CC2)CC1=O. The Bertz CT molecular complexity index is 1390. The summed E-state index contributed by atoms with van der Waals surface area (Å²) in [6.45, 7) is 21.4. The molecule has 0 aliphatic heterocycles. The summed E-state index contributed by atoms with van der Waals surface area (Å²) in [6.07, 6.45) is 10.3. The highest BCUT2D eigenvalue weighted by Gasteiger charge is 2.70. The molecule has 5 fully saturated rings. The third kappa shape index (κ3) is 5.69. The minimum atomic E-state index is -1.15. The first kappa shape index (κ1) is 37.0. The first-order chi connectivity index (χ1) is 22.6. The van der Waals surface area contributed by atoms with E-state index in [1.54, 1.807) is 13.8 Å². The second kappa shape index (κ2) is 12.2. The van der Waals surface area contributed by atoms with Gasteiger partial charge in [-0.05, 0) is 137 Å². The van der Waals surface area contributed by atoms with Gasteiger partial charge in [-0.25, -0.2) is 0 Å². The summed E-state index contributed by atoms with van der Waals surface area (Å²) < 4.78 is 6.16. The summed E-state index contributed by atoms with van der Waals surface area (Å²) in [7, 11) is 2.15. The van der Waals surface area contributed by atoms with Crippen LogP contribution in [0.2, 0.25) is 0 Å². The maximum absolute atomic E-state index is 14.0. The monoisotopic (exact) mass is 681 g/mol. The number of rotatable bonds is 10. The molecule has 0 saturated heterocycles. The molecule has 0 radical (unpaired) electrons. The fourth-order valence-electron chi connectivity index (χ4n) is 13.2. The van der Waals surface area contributed by atoms with Gasteiger partial charge in [-0.1, -0.05) is 54.0 Å². The van der Waals surface area contributed by atoms with E-state index < -0.39 is 28.9 Å². The summed E-state index contributed by atoms with van der Waals surface area (Å²) >= 11 is 0. The number of nitrogens with zero attached hydrogens (tertiary/aromatic N) is 1. The van der Waals surface area contributed by atoms with Gasteiger partial charge in [0.1, 0.15) is 6.10 Å². The van der Waals surface area contributed by atoms with Crippen LogP contribution in [0.3, 0.4) is 0 Å². The molecule has 6 rings (SSSR count). The zero-order valence-electron chi connectivity index (χ0n) is 32.4. The maximum atomic E-state index is 14.0. The molecule has 0 heterocycles.